The number of rotatable bonds is 5. The Morgan fingerprint density at radius 3 is 2.94 bits per heavy atom. The van der Waals surface area contributed by atoms with E-state index in [4.69, 9.17) is 8.83 Å². The summed E-state index contributed by atoms with van der Waals surface area (Å²) in [6, 6.07) is 7.07. The zero-order chi connectivity index (χ0) is 13.0. The van der Waals surface area contributed by atoms with Gasteiger partial charge in [0, 0.05) is 0 Å². The Kier molecular flexibility index (Phi) is 3.84. The monoisotopic (exact) mass is 249 g/mol. The van der Waals surface area contributed by atoms with Crippen LogP contribution in [-0.2, 0) is 11.3 Å². The highest BCUT2D eigenvalue weighted by molar-refractivity contribution is 5.86. The van der Waals surface area contributed by atoms with Gasteiger partial charge in [-0.25, -0.2) is 4.79 Å². The first-order valence-corrected chi connectivity index (χ1v) is 5.64. The van der Waals surface area contributed by atoms with E-state index in [1.807, 2.05) is 19.1 Å². The SMILES string of the molecule is COC(=O)c1ccc(C(C)NCc2ccco2)o1. The molecule has 2 rings (SSSR count). The van der Waals surface area contributed by atoms with Crippen molar-refractivity contribution in [3.05, 3.63) is 47.8 Å². The van der Waals surface area contributed by atoms with E-state index in [-0.39, 0.29) is 11.8 Å². The average Bonchev–Trinajstić information content (AvgIpc) is 3.05. The van der Waals surface area contributed by atoms with Gasteiger partial charge in [0.25, 0.3) is 0 Å². The Morgan fingerprint density at radius 1 is 1.44 bits per heavy atom. The molecule has 0 bridgehead atoms. The van der Waals surface area contributed by atoms with Gasteiger partial charge in [0.2, 0.25) is 5.76 Å². The van der Waals surface area contributed by atoms with Crippen molar-refractivity contribution >= 4 is 5.97 Å². The van der Waals surface area contributed by atoms with Gasteiger partial charge in [-0.3, -0.25) is 0 Å². The van der Waals surface area contributed by atoms with Crippen molar-refractivity contribution < 1.29 is 18.4 Å². The molecule has 5 nitrogen and oxygen atoms in total. The lowest BCUT2D eigenvalue weighted by molar-refractivity contribution is 0.0562. The molecular formula is C13H15NO4. The van der Waals surface area contributed by atoms with Crippen LogP contribution in [0.5, 0.6) is 0 Å². The average molecular weight is 249 g/mol. The highest BCUT2D eigenvalue weighted by atomic mass is 16.5. The lowest BCUT2D eigenvalue weighted by Gasteiger charge is -2.09. The zero-order valence-corrected chi connectivity index (χ0v) is 10.3. The lowest BCUT2D eigenvalue weighted by Crippen LogP contribution is -2.17. The largest absolute Gasteiger partial charge is 0.468 e. The Morgan fingerprint density at radius 2 is 2.28 bits per heavy atom. The summed E-state index contributed by atoms with van der Waals surface area (Å²) in [6.45, 7) is 2.55. The van der Waals surface area contributed by atoms with Crippen molar-refractivity contribution in [1.29, 1.82) is 0 Å². The Bertz CT molecular complexity index is 501. The molecule has 1 unspecified atom stereocenters. The maximum Gasteiger partial charge on any atom is 0.373 e. The van der Waals surface area contributed by atoms with Crippen LogP contribution in [0.3, 0.4) is 0 Å². The first-order chi connectivity index (χ1) is 8.70. The van der Waals surface area contributed by atoms with Crippen molar-refractivity contribution in [2.24, 2.45) is 0 Å². The number of hydrogen-bond donors (Lipinski definition) is 1. The Hall–Kier alpha value is -2.01. The molecule has 0 aliphatic heterocycles. The topological polar surface area (TPSA) is 64.6 Å². The minimum Gasteiger partial charge on any atom is -0.468 e. The molecule has 0 saturated heterocycles. The predicted octanol–water partition coefficient (Wildman–Crippen LogP) is 2.51. The van der Waals surface area contributed by atoms with Gasteiger partial charge in [0.1, 0.15) is 11.5 Å². The summed E-state index contributed by atoms with van der Waals surface area (Å²) in [6.07, 6.45) is 1.63. The standard InChI is InChI=1S/C13H15NO4/c1-9(14-8-10-4-3-7-17-10)11-5-6-12(18-11)13(15)16-2/h3-7,9,14H,8H2,1-2H3. The van der Waals surface area contributed by atoms with Crippen LogP contribution in [-0.4, -0.2) is 13.1 Å². The Labute approximate surface area is 105 Å². The highest BCUT2D eigenvalue weighted by Gasteiger charge is 2.15. The number of carbonyl (C=O) groups excluding carboxylic acids is 1. The molecule has 0 amide bonds. The fraction of sp³-hybridized carbons (Fsp3) is 0.308. The zero-order valence-electron chi connectivity index (χ0n) is 10.3. The van der Waals surface area contributed by atoms with E-state index in [1.165, 1.54) is 7.11 Å². The van der Waals surface area contributed by atoms with Crippen LogP contribution in [0.25, 0.3) is 0 Å². The maximum atomic E-state index is 11.2. The second kappa shape index (κ2) is 5.55. The summed E-state index contributed by atoms with van der Waals surface area (Å²) in [7, 11) is 1.32. The van der Waals surface area contributed by atoms with Gasteiger partial charge in [-0.2, -0.15) is 0 Å². The van der Waals surface area contributed by atoms with Crippen LogP contribution in [0, 0.1) is 0 Å². The molecule has 0 fully saturated rings. The van der Waals surface area contributed by atoms with Crippen LogP contribution in [0.2, 0.25) is 0 Å². The van der Waals surface area contributed by atoms with Crippen LogP contribution in [0.1, 0.15) is 35.0 Å². The summed E-state index contributed by atoms with van der Waals surface area (Å²) in [5.41, 5.74) is 0. The second-order valence-corrected chi connectivity index (χ2v) is 3.88. The number of hydrogen-bond acceptors (Lipinski definition) is 5. The summed E-state index contributed by atoms with van der Waals surface area (Å²) < 4.78 is 15.2. The number of methoxy groups -OCH3 is 1. The van der Waals surface area contributed by atoms with E-state index >= 15 is 0 Å². The molecule has 5 heteroatoms. The number of ether oxygens (including phenoxy) is 1. The maximum absolute atomic E-state index is 11.2. The molecule has 18 heavy (non-hydrogen) atoms. The molecule has 1 atom stereocenters. The minimum atomic E-state index is -0.473. The number of esters is 1. The van der Waals surface area contributed by atoms with Crippen LogP contribution < -0.4 is 5.32 Å². The van der Waals surface area contributed by atoms with Crippen molar-refractivity contribution in [2.75, 3.05) is 7.11 Å². The number of furan rings is 2. The third kappa shape index (κ3) is 2.81. The van der Waals surface area contributed by atoms with Gasteiger partial charge in [0.15, 0.2) is 0 Å². The summed E-state index contributed by atoms with van der Waals surface area (Å²) >= 11 is 0. The van der Waals surface area contributed by atoms with Crippen molar-refractivity contribution in [1.82, 2.24) is 5.32 Å². The van der Waals surface area contributed by atoms with E-state index in [0.717, 1.165) is 5.76 Å². The fourth-order valence-electron chi connectivity index (χ4n) is 1.56. The predicted molar refractivity (Wildman–Crippen MR) is 64.0 cm³/mol. The fourth-order valence-corrected chi connectivity index (χ4v) is 1.56. The molecule has 1 N–H and O–H groups in total. The molecule has 0 saturated carbocycles. The molecule has 2 aromatic rings. The van der Waals surface area contributed by atoms with Gasteiger partial charge in [-0.05, 0) is 31.2 Å². The van der Waals surface area contributed by atoms with Gasteiger partial charge in [-0.1, -0.05) is 0 Å². The minimum absolute atomic E-state index is 0.0199. The van der Waals surface area contributed by atoms with Gasteiger partial charge in [-0.15, -0.1) is 0 Å². The normalized spacial score (nSPS) is 12.3. The van der Waals surface area contributed by atoms with Gasteiger partial charge in [0.05, 0.1) is 26.0 Å². The molecule has 0 spiro atoms. The number of carbonyl (C=O) groups is 1. The lowest BCUT2D eigenvalue weighted by atomic mass is 10.2. The van der Waals surface area contributed by atoms with Crippen molar-refractivity contribution in [2.45, 2.75) is 19.5 Å². The molecule has 0 radical (unpaired) electrons. The quantitative estimate of drug-likeness (QED) is 0.825. The smallest absolute Gasteiger partial charge is 0.373 e. The van der Waals surface area contributed by atoms with Gasteiger partial charge < -0.3 is 18.9 Å². The third-order valence-electron chi connectivity index (χ3n) is 2.60. The molecule has 0 aromatic carbocycles. The molecule has 2 aromatic heterocycles. The summed E-state index contributed by atoms with van der Waals surface area (Å²) in [5.74, 6) is 1.27. The van der Waals surface area contributed by atoms with Crippen LogP contribution in [0.4, 0.5) is 0 Å². The van der Waals surface area contributed by atoms with E-state index in [9.17, 15) is 4.79 Å². The molecule has 0 aliphatic rings. The van der Waals surface area contributed by atoms with Crippen molar-refractivity contribution in [3.63, 3.8) is 0 Å². The first kappa shape index (κ1) is 12.4. The van der Waals surface area contributed by atoms with Crippen LogP contribution in [0.15, 0.2) is 39.4 Å². The van der Waals surface area contributed by atoms with E-state index < -0.39 is 5.97 Å². The molecule has 2 heterocycles. The summed E-state index contributed by atoms with van der Waals surface area (Å²) in [5, 5.41) is 3.23. The Balaban J connectivity index is 1.94. The van der Waals surface area contributed by atoms with Gasteiger partial charge >= 0.3 is 5.97 Å². The number of nitrogens with one attached hydrogen (secondary N) is 1. The third-order valence-corrected chi connectivity index (χ3v) is 2.60. The van der Waals surface area contributed by atoms with Crippen molar-refractivity contribution in [3.8, 4) is 0 Å². The molecular weight excluding hydrogens is 234 g/mol. The highest BCUT2D eigenvalue weighted by Crippen LogP contribution is 2.17. The van der Waals surface area contributed by atoms with E-state index in [2.05, 4.69) is 10.1 Å². The molecule has 0 aliphatic carbocycles. The molecule has 96 valence electrons. The van der Waals surface area contributed by atoms with E-state index in [0.29, 0.717) is 12.3 Å². The van der Waals surface area contributed by atoms with E-state index in [1.54, 1.807) is 18.4 Å². The summed E-state index contributed by atoms with van der Waals surface area (Å²) in [4.78, 5) is 11.2. The second-order valence-electron chi connectivity index (χ2n) is 3.88. The first-order valence-electron chi connectivity index (χ1n) is 5.64. The van der Waals surface area contributed by atoms with Crippen LogP contribution >= 0.6 is 0 Å².